The van der Waals surface area contributed by atoms with E-state index in [9.17, 15) is 0 Å². The van der Waals surface area contributed by atoms with E-state index in [-0.39, 0.29) is 6.04 Å². The van der Waals surface area contributed by atoms with Gasteiger partial charge in [-0.15, -0.1) is 0 Å². The molecule has 2 nitrogen and oxygen atoms in total. The Kier molecular flexibility index (Phi) is 3.40. The van der Waals surface area contributed by atoms with Crippen LogP contribution in [0.5, 0.6) is 11.5 Å². The quantitative estimate of drug-likeness (QED) is 0.746. The van der Waals surface area contributed by atoms with E-state index in [4.69, 9.17) is 10.5 Å². The van der Waals surface area contributed by atoms with E-state index in [2.05, 4.69) is 18.2 Å². The van der Waals surface area contributed by atoms with Crippen LogP contribution in [0.1, 0.15) is 18.5 Å². The van der Waals surface area contributed by atoms with Gasteiger partial charge in [0.05, 0.1) is 0 Å². The van der Waals surface area contributed by atoms with Crippen LogP contribution in [0.2, 0.25) is 0 Å². The number of fused-ring (bicyclic) bond motifs is 1. The number of hydrogen-bond donors (Lipinski definition) is 1. The lowest BCUT2D eigenvalue weighted by Gasteiger charge is -2.14. The Labute approximate surface area is 118 Å². The highest BCUT2D eigenvalue weighted by Gasteiger charge is 2.09. The summed E-state index contributed by atoms with van der Waals surface area (Å²) in [4.78, 5) is 0. The minimum Gasteiger partial charge on any atom is -0.456 e. The van der Waals surface area contributed by atoms with Crippen molar-refractivity contribution in [3.63, 3.8) is 0 Å². The SMILES string of the molecule is CC(N)c1ccccc1Oc1cccc2ccccc12. The Bertz CT molecular complexity index is 729. The maximum Gasteiger partial charge on any atom is 0.135 e. The molecule has 0 fully saturated rings. The highest BCUT2D eigenvalue weighted by atomic mass is 16.5. The second-order valence-electron chi connectivity index (χ2n) is 4.91. The van der Waals surface area contributed by atoms with Crippen molar-refractivity contribution in [2.45, 2.75) is 13.0 Å². The normalized spacial score (nSPS) is 12.3. The van der Waals surface area contributed by atoms with Gasteiger partial charge in [0, 0.05) is 17.0 Å². The minimum absolute atomic E-state index is 0.0545. The molecule has 0 aliphatic heterocycles. The molecule has 0 spiro atoms. The Balaban J connectivity index is 2.06. The summed E-state index contributed by atoms with van der Waals surface area (Å²) in [5, 5.41) is 2.28. The monoisotopic (exact) mass is 263 g/mol. The molecule has 0 bridgehead atoms. The molecule has 1 atom stereocenters. The summed E-state index contributed by atoms with van der Waals surface area (Å²) in [7, 11) is 0. The van der Waals surface area contributed by atoms with E-state index in [1.807, 2.05) is 55.5 Å². The minimum atomic E-state index is -0.0545. The van der Waals surface area contributed by atoms with Crippen LogP contribution in [-0.2, 0) is 0 Å². The first-order valence-corrected chi connectivity index (χ1v) is 6.76. The molecule has 0 amide bonds. The molecular weight excluding hydrogens is 246 g/mol. The molecule has 3 rings (SSSR count). The molecular formula is C18H17NO. The number of ether oxygens (including phenoxy) is 1. The molecule has 0 radical (unpaired) electrons. The molecule has 20 heavy (non-hydrogen) atoms. The molecule has 0 saturated carbocycles. The highest BCUT2D eigenvalue weighted by molar-refractivity contribution is 5.88. The van der Waals surface area contributed by atoms with E-state index in [1.165, 1.54) is 5.39 Å². The van der Waals surface area contributed by atoms with Crippen molar-refractivity contribution in [3.05, 3.63) is 72.3 Å². The number of rotatable bonds is 3. The first-order valence-electron chi connectivity index (χ1n) is 6.76. The molecule has 0 aromatic heterocycles. The van der Waals surface area contributed by atoms with Crippen molar-refractivity contribution in [1.82, 2.24) is 0 Å². The summed E-state index contributed by atoms with van der Waals surface area (Å²) < 4.78 is 6.10. The van der Waals surface area contributed by atoms with Gasteiger partial charge in [-0.05, 0) is 24.4 Å². The van der Waals surface area contributed by atoms with Crippen LogP contribution >= 0.6 is 0 Å². The van der Waals surface area contributed by atoms with Gasteiger partial charge in [0.15, 0.2) is 0 Å². The zero-order chi connectivity index (χ0) is 13.9. The summed E-state index contributed by atoms with van der Waals surface area (Å²) in [5.41, 5.74) is 7.02. The third kappa shape index (κ3) is 2.38. The van der Waals surface area contributed by atoms with Crippen molar-refractivity contribution in [2.24, 2.45) is 5.73 Å². The van der Waals surface area contributed by atoms with E-state index >= 15 is 0 Å². The molecule has 3 aromatic carbocycles. The Hall–Kier alpha value is -2.32. The van der Waals surface area contributed by atoms with Gasteiger partial charge >= 0.3 is 0 Å². The summed E-state index contributed by atoms with van der Waals surface area (Å²) in [6, 6.07) is 22.1. The van der Waals surface area contributed by atoms with Gasteiger partial charge in [-0.1, -0.05) is 54.6 Å². The Morgan fingerprint density at radius 1 is 0.800 bits per heavy atom. The molecule has 1 unspecified atom stereocenters. The van der Waals surface area contributed by atoms with Crippen molar-refractivity contribution < 1.29 is 4.74 Å². The first-order chi connectivity index (χ1) is 9.75. The molecule has 0 heterocycles. The van der Waals surface area contributed by atoms with Gasteiger partial charge in [-0.25, -0.2) is 0 Å². The predicted octanol–water partition coefficient (Wildman–Crippen LogP) is 4.65. The fourth-order valence-electron chi connectivity index (χ4n) is 2.35. The number of benzene rings is 3. The van der Waals surface area contributed by atoms with Gasteiger partial charge in [0.1, 0.15) is 11.5 Å². The zero-order valence-electron chi connectivity index (χ0n) is 11.4. The maximum absolute atomic E-state index is 6.10. The van der Waals surface area contributed by atoms with E-state index < -0.39 is 0 Å². The fourth-order valence-corrected chi connectivity index (χ4v) is 2.35. The molecule has 0 aliphatic carbocycles. The molecule has 2 heteroatoms. The Morgan fingerprint density at radius 2 is 1.45 bits per heavy atom. The average Bonchev–Trinajstić information content (AvgIpc) is 2.48. The van der Waals surface area contributed by atoms with Crippen molar-refractivity contribution in [1.29, 1.82) is 0 Å². The maximum atomic E-state index is 6.10. The molecule has 2 N–H and O–H groups in total. The van der Waals surface area contributed by atoms with Gasteiger partial charge in [0.25, 0.3) is 0 Å². The zero-order valence-corrected chi connectivity index (χ0v) is 11.4. The second kappa shape index (κ2) is 5.35. The predicted molar refractivity (Wildman–Crippen MR) is 83.1 cm³/mol. The topological polar surface area (TPSA) is 35.2 Å². The standard InChI is InChI=1S/C18H17NO/c1-13(19)15-9-4-5-11-17(15)20-18-12-6-8-14-7-2-3-10-16(14)18/h2-13H,19H2,1H3. The Morgan fingerprint density at radius 3 is 2.30 bits per heavy atom. The van der Waals surface area contributed by atoms with Gasteiger partial charge in [-0.2, -0.15) is 0 Å². The van der Waals surface area contributed by atoms with Crippen LogP contribution in [0.25, 0.3) is 10.8 Å². The third-order valence-corrected chi connectivity index (χ3v) is 3.38. The number of nitrogens with two attached hydrogens (primary N) is 1. The largest absolute Gasteiger partial charge is 0.456 e. The van der Waals surface area contributed by atoms with Gasteiger partial charge in [-0.3, -0.25) is 0 Å². The smallest absolute Gasteiger partial charge is 0.135 e. The van der Waals surface area contributed by atoms with E-state index in [0.717, 1.165) is 22.4 Å². The van der Waals surface area contributed by atoms with Crippen LogP contribution in [0.4, 0.5) is 0 Å². The summed E-state index contributed by atoms with van der Waals surface area (Å²) >= 11 is 0. The fraction of sp³-hybridized carbons (Fsp3) is 0.111. The van der Waals surface area contributed by atoms with Crippen molar-refractivity contribution >= 4 is 10.8 Å². The van der Waals surface area contributed by atoms with Crippen LogP contribution in [0.15, 0.2) is 66.7 Å². The van der Waals surface area contributed by atoms with Crippen LogP contribution in [0.3, 0.4) is 0 Å². The molecule has 0 aliphatic rings. The van der Waals surface area contributed by atoms with Crippen molar-refractivity contribution in [2.75, 3.05) is 0 Å². The van der Waals surface area contributed by atoms with Crippen LogP contribution in [-0.4, -0.2) is 0 Å². The van der Waals surface area contributed by atoms with E-state index in [1.54, 1.807) is 0 Å². The van der Waals surface area contributed by atoms with E-state index in [0.29, 0.717) is 0 Å². The summed E-state index contributed by atoms with van der Waals surface area (Å²) in [6.07, 6.45) is 0. The molecule has 0 saturated heterocycles. The van der Waals surface area contributed by atoms with Gasteiger partial charge < -0.3 is 10.5 Å². The average molecular weight is 263 g/mol. The first kappa shape index (κ1) is 12.7. The highest BCUT2D eigenvalue weighted by Crippen LogP contribution is 2.33. The lowest BCUT2D eigenvalue weighted by Crippen LogP contribution is -2.06. The van der Waals surface area contributed by atoms with Gasteiger partial charge in [0.2, 0.25) is 0 Å². The van der Waals surface area contributed by atoms with Crippen molar-refractivity contribution in [3.8, 4) is 11.5 Å². The molecule has 100 valence electrons. The number of para-hydroxylation sites is 1. The van der Waals surface area contributed by atoms with Crippen LogP contribution < -0.4 is 10.5 Å². The number of hydrogen-bond acceptors (Lipinski definition) is 2. The second-order valence-corrected chi connectivity index (χ2v) is 4.91. The third-order valence-electron chi connectivity index (χ3n) is 3.38. The molecule has 3 aromatic rings. The lowest BCUT2D eigenvalue weighted by molar-refractivity contribution is 0.477. The summed E-state index contributed by atoms with van der Waals surface area (Å²) in [6.45, 7) is 1.96. The lowest BCUT2D eigenvalue weighted by atomic mass is 10.1. The van der Waals surface area contributed by atoms with Crippen LogP contribution in [0, 0.1) is 0 Å². The summed E-state index contributed by atoms with van der Waals surface area (Å²) in [5.74, 6) is 1.68.